The second-order valence-corrected chi connectivity index (χ2v) is 7.51. The number of anilines is 1. The van der Waals surface area contributed by atoms with Crippen molar-refractivity contribution < 1.29 is 36.3 Å². The minimum atomic E-state index is -4.96. The summed E-state index contributed by atoms with van der Waals surface area (Å²) in [6.45, 7) is 0.869. The van der Waals surface area contributed by atoms with Crippen molar-refractivity contribution in [3.05, 3.63) is 77.5 Å². The van der Waals surface area contributed by atoms with Gasteiger partial charge >= 0.3 is 6.36 Å². The van der Waals surface area contributed by atoms with Crippen LogP contribution in [0.5, 0.6) is 5.75 Å². The molecule has 2 N–H and O–H groups in total. The van der Waals surface area contributed by atoms with Gasteiger partial charge in [-0.1, -0.05) is 0 Å². The summed E-state index contributed by atoms with van der Waals surface area (Å²) in [6.07, 6.45) is -3.53. The quantitative estimate of drug-likeness (QED) is 0.377. The van der Waals surface area contributed by atoms with Gasteiger partial charge in [-0.25, -0.2) is 18.3 Å². The van der Waals surface area contributed by atoms with Gasteiger partial charge in [0.05, 0.1) is 11.9 Å². The molecule has 2 aromatic carbocycles. The zero-order valence-corrected chi connectivity index (χ0v) is 18.4. The van der Waals surface area contributed by atoms with Crippen LogP contribution in [-0.4, -0.2) is 32.8 Å². The molecule has 0 spiro atoms. The Kier molecular flexibility index (Phi) is 6.55. The summed E-state index contributed by atoms with van der Waals surface area (Å²) in [6, 6.07) is 8.89. The minimum absolute atomic E-state index is 0.000896. The first-order valence-corrected chi connectivity index (χ1v) is 10.2. The van der Waals surface area contributed by atoms with E-state index in [9.17, 15) is 31.5 Å². The SMILES string of the molecule is CC(=O)Nc1cn2nc(-c3cc(C(=O)NCc4cc(OC(F)(F)F)ccc4F)ccc3F)ccc2n1. The van der Waals surface area contributed by atoms with Gasteiger partial charge < -0.3 is 15.4 Å². The highest BCUT2D eigenvalue weighted by Gasteiger charge is 2.31. The lowest BCUT2D eigenvalue weighted by molar-refractivity contribution is -0.274. The fourth-order valence-corrected chi connectivity index (χ4v) is 3.29. The summed E-state index contributed by atoms with van der Waals surface area (Å²) < 4.78 is 70.9. The number of ether oxygens (including phenoxy) is 1. The van der Waals surface area contributed by atoms with Crippen molar-refractivity contribution in [2.24, 2.45) is 0 Å². The number of hydrogen-bond acceptors (Lipinski definition) is 5. The molecule has 0 fully saturated rings. The zero-order valence-electron chi connectivity index (χ0n) is 18.4. The van der Waals surface area contributed by atoms with Gasteiger partial charge in [0.15, 0.2) is 11.5 Å². The number of fused-ring (bicyclic) bond motifs is 1. The number of carbonyl (C=O) groups is 2. The highest BCUT2D eigenvalue weighted by molar-refractivity contribution is 5.95. The molecule has 2 heterocycles. The lowest BCUT2D eigenvalue weighted by Crippen LogP contribution is -2.24. The van der Waals surface area contributed by atoms with Crippen LogP contribution >= 0.6 is 0 Å². The standard InChI is InChI=1S/C23H16F5N5O3/c1-12(34)30-20-11-33-21(31-20)7-6-19(32-33)16-9-13(2-4-18(16)25)22(35)29-10-14-8-15(3-5-17(14)24)36-23(26,27)28/h2-9,11H,10H2,1H3,(H,29,35)(H,30,34). The number of carbonyl (C=O) groups excluding carboxylic acids is 2. The fraction of sp³-hybridized carbons (Fsp3) is 0.130. The number of alkyl halides is 3. The van der Waals surface area contributed by atoms with Crippen LogP contribution in [0.2, 0.25) is 0 Å². The second-order valence-electron chi connectivity index (χ2n) is 7.51. The summed E-state index contributed by atoms with van der Waals surface area (Å²) in [5.41, 5.74) is 0.279. The zero-order chi connectivity index (χ0) is 26.0. The molecule has 0 aliphatic carbocycles. The van der Waals surface area contributed by atoms with Gasteiger partial charge in [-0.2, -0.15) is 5.10 Å². The Labute approximate surface area is 199 Å². The van der Waals surface area contributed by atoms with E-state index in [0.29, 0.717) is 5.65 Å². The highest BCUT2D eigenvalue weighted by atomic mass is 19.4. The van der Waals surface area contributed by atoms with Crippen molar-refractivity contribution >= 4 is 23.3 Å². The third-order valence-electron chi connectivity index (χ3n) is 4.82. The molecule has 0 radical (unpaired) electrons. The Balaban J connectivity index is 1.54. The van der Waals surface area contributed by atoms with E-state index < -0.39 is 36.2 Å². The molecule has 0 aliphatic rings. The third kappa shape index (κ3) is 5.74. The molecule has 0 bridgehead atoms. The number of nitrogens with one attached hydrogen (secondary N) is 2. The molecule has 4 rings (SSSR count). The van der Waals surface area contributed by atoms with E-state index in [1.165, 1.54) is 35.8 Å². The van der Waals surface area contributed by atoms with Gasteiger partial charge in [0.2, 0.25) is 5.91 Å². The number of rotatable bonds is 6. The summed E-state index contributed by atoms with van der Waals surface area (Å²) >= 11 is 0. The molecule has 8 nitrogen and oxygen atoms in total. The second kappa shape index (κ2) is 9.60. The van der Waals surface area contributed by atoms with Crippen LogP contribution in [0.4, 0.5) is 27.8 Å². The lowest BCUT2D eigenvalue weighted by Gasteiger charge is -2.12. The van der Waals surface area contributed by atoms with E-state index in [1.54, 1.807) is 6.07 Å². The fourth-order valence-electron chi connectivity index (χ4n) is 3.29. The van der Waals surface area contributed by atoms with E-state index in [4.69, 9.17) is 0 Å². The number of aromatic nitrogens is 3. The van der Waals surface area contributed by atoms with Crippen LogP contribution in [0.25, 0.3) is 16.9 Å². The molecular weight excluding hydrogens is 489 g/mol. The van der Waals surface area contributed by atoms with Gasteiger partial charge in [0.1, 0.15) is 17.4 Å². The topological polar surface area (TPSA) is 97.6 Å². The molecule has 13 heteroatoms. The first kappa shape index (κ1) is 24.6. The monoisotopic (exact) mass is 505 g/mol. The predicted octanol–water partition coefficient (Wildman–Crippen LogP) is 4.46. The Hall–Kier alpha value is -4.55. The number of benzene rings is 2. The van der Waals surface area contributed by atoms with E-state index in [2.05, 4.69) is 25.5 Å². The molecule has 2 aromatic heterocycles. The van der Waals surface area contributed by atoms with Crippen molar-refractivity contribution in [2.45, 2.75) is 19.8 Å². The van der Waals surface area contributed by atoms with E-state index in [0.717, 1.165) is 24.3 Å². The molecular formula is C23H16F5N5O3. The first-order valence-electron chi connectivity index (χ1n) is 10.2. The van der Waals surface area contributed by atoms with Crippen molar-refractivity contribution in [1.82, 2.24) is 19.9 Å². The van der Waals surface area contributed by atoms with E-state index in [-0.39, 0.29) is 34.1 Å². The normalized spacial score (nSPS) is 11.4. The number of nitrogens with zero attached hydrogens (tertiary/aromatic N) is 3. The largest absolute Gasteiger partial charge is 0.573 e. The summed E-state index contributed by atoms with van der Waals surface area (Å²) in [5, 5.41) is 9.14. The first-order chi connectivity index (χ1) is 17.0. The summed E-state index contributed by atoms with van der Waals surface area (Å²) in [4.78, 5) is 28.0. The van der Waals surface area contributed by atoms with Gasteiger partial charge in [-0.15, -0.1) is 13.2 Å². The molecule has 2 amide bonds. The lowest BCUT2D eigenvalue weighted by atomic mass is 10.1. The average molecular weight is 505 g/mol. The summed E-state index contributed by atoms with van der Waals surface area (Å²) in [7, 11) is 0. The van der Waals surface area contributed by atoms with Crippen LogP contribution in [-0.2, 0) is 11.3 Å². The molecule has 0 aliphatic heterocycles. The highest BCUT2D eigenvalue weighted by Crippen LogP contribution is 2.26. The van der Waals surface area contributed by atoms with Gasteiger partial charge in [0, 0.05) is 30.2 Å². The minimum Gasteiger partial charge on any atom is -0.406 e. The molecule has 0 unspecified atom stereocenters. The Bertz CT molecular complexity index is 1470. The number of amides is 2. The molecule has 186 valence electrons. The van der Waals surface area contributed by atoms with E-state index >= 15 is 0 Å². The Morgan fingerprint density at radius 1 is 1.03 bits per heavy atom. The van der Waals surface area contributed by atoms with Crippen LogP contribution < -0.4 is 15.4 Å². The van der Waals surface area contributed by atoms with Crippen LogP contribution in [0.1, 0.15) is 22.8 Å². The number of halogens is 5. The van der Waals surface area contributed by atoms with E-state index in [1.807, 2.05) is 0 Å². The van der Waals surface area contributed by atoms with Gasteiger partial charge in [-0.3, -0.25) is 9.59 Å². The summed E-state index contributed by atoms with van der Waals surface area (Å²) in [5.74, 6) is -2.97. The molecule has 0 saturated heterocycles. The smallest absolute Gasteiger partial charge is 0.406 e. The van der Waals surface area contributed by atoms with Gasteiger partial charge in [-0.05, 0) is 48.5 Å². The van der Waals surface area contributed by atoms with Crippen LogP contribution in [0.3, 0.4) is 0 Å². The van der Waals surface area contributed by atoms with Crippen molar-refractivity contribution in [3.63, 3.8) is 0 Å². The predicted molar refractivity (Wildman–Crippen MR) is 117 cm³/mol. The average Bonchev–Trinajstić information content (AvgIpc) is 3.19. The molecule has 4 aromatic rings. The Morgan fingerprint density at radius 2 is 1.78 bits per heavy atom. The maximum atomic E-state index is 14.6. The van der Waals surface area contributed by atoms with Gasteiger partial charge in [0.25, 0.3) is 5.91 Å². The van der Waals surface area contributed by atoms with Crippen LogP contribution in [0.15, 0.2) is 54.7 Å². The van der Waals surface area contributed by atoms with Crippen LogP contribution in [0, 0.1) is 11.6 Å². The molecule has 0 atom stereocenters. The molecule has 36 heavy (non-hydrogen) atoms. The Morgan fingerprint density at radius 3 is 2.50 bits per heavy atom. The number of imidazole rings is 1. The maximum absolute atomic E-state index is 14.6. The third-order valence-corrected chi connectivity index (χ3v) is 4.82. The molecule has 0 saturated carbocycles. The maximum Gasteiger partial charge on any atom is 0.573 e. The van der Waals surface area contributed by atoms with Crippen molar-refractivity contribution in [3.8, 4) is 17.0 Å². The van der Waals surface area contributed by atoms with Crippen molar-refractivity contribution in [2.75, 3.05) is 5.32 Å². The van der Waals surface area contributed by atoms with Crippen molar-refractivity contribution in [1.29, 1.82) is 0 Å². The number of hydrogen-bond donors (Lipinski definition) is 2.